The topological polar surface area (TPSA) is 67.9 Å². The number of nitrogens with one attached hydrogen (secondary N) is 1. The van der Waals surface area contributed by atoms with E-state index in [4.69, 9.17) is 21.1 Å². The number of fused-ring (bicyclic) bond motifs is 1. The van der Waals surface area contributed by atoms with Crippen molar-refractivity contribution in [2.45, 2.75) is 13.8 Å². The Hall–Kier alpha value is -2.73. The summed E-state index contributed by atoms with van der Waals surface area (Å²) in [7, 11) is 0. The van der Waals surface area contributed by atoms with Gasteiger partial charge in [0.05, 0.1) is 18.8 Å². The van der Waals surface area contributed by atoms with Gasteiger partial charge in [0, 0.05) is 10.7 Å². The Bertz CT molecular complexity index is 836. The second kappa shape index (κ2) is 8.31. The number of amides is 1. The minimum absolute atomic E-state index is 0.00798. The smallest absolute Gasteiger partial charge is 0.331 e. The Morgan fingerprint density at radius 1 is 1.26 bits per heavy atom. The highest BCUT2D eigenvalue weighted by molar-refractivity contribution is 6.31. The minimum atomic E-state index is -0.413. The van der Waals surface area contributed by atoms with Crippen molar-refractivity contribution in [3.05, 3.63) is 47.5 Å². The highest BCUT2D eigenvalue weighted by Gasteiger charge is 2.26. The van der Waals surface area contributed by atoms with Crippen LogP contribution in [-0.2, 0) is 9.59 Å². The van der Waals surface area contributed by atoms with Crippen molar-refractivity contribution in [2.24, 2.45) is 5.92 Å². The Morgan fingerprint density at radius 3 is 2.70 bits per heavy atom. The second-order valence-electron chi connectivity index (χ2n) is 6.72. The Kier molecular flexibility index (Phi) is 5.86. The lowest BCUT2D eigenvalue weighted by Gasteiger charge is -2.29. The molecule has 27 heavy (non-hydrogen) atoms. The number of anilines is 2. The van der Waals surface area contributed by atoms with E-state index in [0.29, 0.717) is 34.7 Å². The molecule has 0 spiro atoms. The maximum atomic E-state index is 12.4. The van der Waals surface area contributed by atoms with Crippen molar-refractivity contribution in [3.63, 3.8) is 0 Å². The van der Waals surface area contributed by atoms with Crippen molar-refractivity contribution in [3.8, 4) is 11.5 Å². The normalized spacial score (nSPS) is 13.2. The van der Waals surface area contributed by atoms with Gasteiger partial charge in [0.2, 0.25) is 5.91 Å². The van der Waals surface area contributed by atoms with Crippen LogP contribution < -0.4 is 19.7 Å². The Balaban J connectivity index is 1.63. The average Bonchev–Trinajstić information content (AvgIpc) is 2.61. The molecule has 0 unspecified atom stereocenters. The van der Waals surface area contributed by atoms with E-state index in [1.807, 2.05) is 12.1 Å². The molecule has 0 radical (unpaired) electrons. The molecular weight excluding hydrogens is 368 g/mol. The highest BCUT2D eigenvalue weighted by Crippen LogP contribution is 2.34. The number of esters is 1. The number of carbonyl (C=O) groups is 2. The fourth-order valence-corrected chi connectivity index (χ4v) is 2.80. The van der Waals surface area contributed by atoms with Crippen LogP contribution in [0.1, 0.15) is 13.8 Å². The van der Waals surface area contributed by atoms with Crippen LogP contribution in [0, 0.1) is 5.92 Å². The Labute approximate surface area is 163 Å². The van der Waals surface area contributed by atoms with Crippen LogP contribution in [0.5, 0.6) is 11.5 Å². The van der Waals surface area contributed by atoms with Crippen LogP contribution in [-0.4, -0.2) is 31.6 Å². The van der Waals surface area contributed by atoms with E-state index in [2.05, 4.69) is 19.2 Å². The zero-order valence-corrected chi connectivity index (χ0v) is 16.0. The molecule has 1 N–H and O–H groups in total. The summed E-state index contributed by atoms with van der Waals surface area (Å²) in [5.41, 5.74) is 1.28. The molecule has 1 aliphatic heterocycles. The molecule has 0 atom stereocenters. The first kappa shape index (κ1) is 19.0. The standard InChI is InChI=1S/C20H21ClN2O4/c1-13(2)12-26-16-6-4-15(5-7-16)22-19(24)10-23-11-20(25)27-18-8-3-14(21)9-17(18)23/h3-9,13H,10-12H2,1-2H3,(H,22,24). The molecule has 6 nitrogen and oxygen atoms in total. The van der Waals surface area contributed by atoms with Crippen LogP contribution in [0.4, 0.5) is 11.4 Å². The van der Waals surface area contributed by atoms with E-state index in [1.54, 1.807) is 35.2 Å². The summed E-state index contributed by atoms with van der Waals surface area (Å²) in [6.07, 6.45) is 0. The van der Waals surface area contributed by atoms with Crippen LogP contribution in [0.2, 0.25) is 5.02 Å². The predicted molar refractivity (Wildman–Crippen MR) is 105 cm³/mol. The van der Waals surface area contributed by atoms with E-state index in [9.17, 15) is 9.59 Å². The second-order valence-corrected chi connectivity index (χ2v) is 7.16. The number of benzene rings is 2. The number of hydrogen-bond acceptors (Lipinski definition) is 5. The van der Waals surface area contributed by atoms with Crippen LogP contribution in [0.15, 0.2) is 42.5 Å². The summed E-state index contributed by atoms with van der Waals surface area (Å²) in [6.45, 7) is 4.79. The number of halogens is 1. The van der Waals surface area contributed by atoms with Gasteiger partial charge in [-0.05, 0) is 48.4 Å². The van der Waals surface area contributed by atoms with Crippen LogP contribution in [0.25, 0.3) is 0 Å². The largest absolute Gasteiger partial charge is 0.493 e. The van der Waals surface area contributed by atoms with Crippen molar-refractivity contribution in [1.29, 1.82) is 0 Å². The molecular formula is C20H21ClN2O4. The third kappa shape index (κ3) is 5.14. The highest BCUT2D eigenvalue weighted by atomic mass is 35.5. The Morgan fingerprint density at radius 2 is 2.00 bits per heavy atom. The number of carbonyl (C=O) groups excluding carboxylic acids is 2. The lowest BCUT2D eigenvalue weighted by atomic mass is 10.2. The maximum Gasteiger partial charge on any atom is 0.331 e. The summed E-state index contributed by atoms with van der Waals surface area (Å²) in [5, 5.41) is 3.33. The number of ether oxygens (including phenoxy) is 2. The maximum absolute atomic E-state index is 12.4. The zero-order chi connectivity index (χ0) is 19.4. The van der Waals surface area contributed by atoms with Crippen molar-refractivity contribution in [2.75, 3.05) is 29.9 Å². The lowest BCUT2D eigenvalue weighted by molar-refractivity contribution is -0.133. The van der Waals surface area contributed by atoms with E-state index >= 15 is 0 Å². The molecule has 0 aromatic heterocycles. The van der Waals surface area contributed by atoms with Crippen molar-refractivity contribution >= 4 is 34.9 Å². The number of hydrogen-bond donors (Lipinski definition) is 1. The molecule has 3 rings (SSSR count). The first-order chi connectivity index (χ1) is 12.9. The summed E-state index contributed by atoms with van der Waals surface area (Å²) in [6, 6.07) is 12.1. The molecule has 0 bridgehead atoms. The SMILES string of the molecule is CC(C)COc1ccc(NC(=O)CN2CC(=O)Oc3ccc(Cl)cc32)cc1. The van der Waals surface area contributed by atoms with Gasteiger partial charge >= 0.3 is 5.97 Å². The first-order valence-corrected chi connectivity index (χ1v) is 9.06. The quantitative estimate of drug-likeness (QED) is 0.603. The third-order valence-corrected chi connectivity index (χ3v) is 4.10. The van der Waals surface area contributed by atoms with Gasteiger partial charge < -0.3 is 19.7 Å². The van der Waals surface area contributed by atoms with Crippen LogP contribution >= 0.6 is 11.6 Å². The summed E-state index contributed by atoms with van der Waals surface area (Å²) < 4.78 is 10.8. The van der Waals surface area contributed by atoms with Gasteiger partial charge in [-0.1, -0.05) is 25.4 Å². The molecule has 0 saturated carbocycles. The molecule has 1 heterocycles. The molecule has 2 aromatic carbocycles. The summed E-state index contributed by atoms with van der Waals surface area (Å²) in [5.74, 6) is 0.937. The minimum Gasteiger partial charge on any atom is -0.493 e. The van der Waals surface area contributed by atoms with Gasteiger partial charge in [0.25, 0.3) is 0 Å². The molecule has 0 saturated heterocycles. The molecule has 7 heteroatoms. The average molecular weight is 389 g/mol. The predicted octanol–water partition coefficient (Wildman–Crippen LogP) is 3.74. The fourth-order valence-electron chi connectivity index (χ4n) is 2.63. The molecule has 0 fully saturated rings. The van der Waals surface area contributed by atoms with Gasteiger partial charge in [-0.25, -0.2) is 4.79 Å². The van der Waals surface area contributed by atoms with Gasteiger partial charge in [-0.15, -0.1) is 0 Å². The van der Waals surface area contributed by atoms with Crippen molar-refractivity contribution < 1.29 is 19.1 Å². The zero-order valence-electron chi connectivity index (χ0n) is 15.2. The molecule has 1 aliphatic rings. The van der Waals surface area contributed by atoms with Gasteiger partial charge in [0.1, 0.15) is 12.3 Å². The first-order valence-electron chi connectivity index (χ1n) is 8.68. The van der Waals surface area contributed by atoms with Gasteiger partial charge in [-0.3, -0.25) is 4.79 Å². The summed E-state index contributed by atoms with van der Waals surface area (Å²) >= 11 is 6.03. The molecule has 0 aliphatic carbocycles. The van der Waals surface area contributed by atoms with Crippen molar-refractivity contribution in [1.82, 2.24) is 0 Å². The lowest BCUT2D eigenvalue weighted by Crippen LogP contribution is -2.41. The molecule has 142 valence electrons. The van der Waals surface area contributed by atoms with E-state index in [-0.39, 0.29) is 19.0 Å². The number of nitrogens with zero attached hydrogens (tertiary/aromatic N) is 1. The number of rotatable bonds is 6. The van der Waals surface area contributed by atoms with E-state index < -0.39 is 5.97 Å². The third-order valence-electron chi connectivity index (χ3n) is 3.86. The van der Waals surface area contributed by atoms with Crippen LogP contribution in [0.3, 0.4) is 0 Å². The fraction of sp³-hybridized carbons (Fsp3) is 0.300. The summed E-state index contributed by atoms with van der Waals surface area (Å²) in [4.78, 5) is 25.8. The molecule has 1 amide bonds. The van der Waals surface area contributed by atoms with E-state index in [1.165, 1.54) is 0 Å². The molecule has 2 aromatic rings. The van der Waals surface area contributed by atoms with Gasteiger partial charge in [-0.2, -0.15) is 0 Å². The van der Waals surface area contributed by atoms with E-state index in [0.717, 1.165) is 5.75 Å². The monoisotopic (exact) mass is 388 g/mol. The van der Waals surface area contributed by atoms with Gasteiger partial charge in [0.15, 0.2) is 5.75 Å².